The van der Waals surface area contributed by atoms with Crippen LogP contribution in [0.15, 0.2) is 66.0 Å². The molecule has 190 valence electrons. The van der Waals surface area contributed by atoms with E-state index in [1.165, 1.54) is 35.3 Å². The Bertz CT molecular complexity index is 1410. The van der Waals surface area contributed by atoms with Crippen LogP contribution in [-0.2, 0) is 0 Å². The minimum absolute atomic E-state index is 0.308. The van der Waals surface area contributed by atoms with Crippen molar-refractivity contribution in [1.82, 2.24) is 25.2 Å². The summed E-state index contributed by atoms with van der Waals surface area (Å²) in [5.74, 6) is 0.150. The molecule has 2 aromatic heterocycles. The van der Waals surface area contributed by atoms with Gasteiger partial charge in [-0.1, -0.05) is 24.3 Å². The fourth-order valence-corrected chi connectivity index (χ4v) is 3.71. The Hall–Kier alpha value is -4.32. The summed E-state index contributed by atoms with van der Waals surface area (Å²) in [7, 11) is 0. The number of nitrogens with zero attached hydrogens (tertiary/aromatic N) is 5. The van der Waals surface area contributed by atoms with Gasteiger partial charge in [0, 0.05) is 11.3 Å². The lowest BCUT2D eigenvalue weighted by molar-refractivity contribution is -0.274. The molecule has 0 amide bonds. The van der Waals surface area contributed by atoms with Crippen LogP contribution >= 0.6 is 12.2 Å². The van der Waals surface area contributed by atoms with E-state index < -0.39 is 6.36 Å². The molecule has 0 bridgehead atoms. The summed E-state index contributed by atoms with van der Waals surface area (Å²) in [5, 5.41) is 12.0. The molecule has 37 heavy (non-hydrogen) atoms. The first-order valence-electron chi connectivity index (χ1n) is 11.0. The number of rotatable bonds is 6. The van der Waals surface area contributed by atoms with Crippen LogP contribution in [0.2, 0.25) is 0 Å². The van der Waals surface area contributed by atoms with E-state index >= 15 is 0 Å². The van der Waals surface area contributed by atoms with Crippen LogP contribution in [-0.4, -0.2) is 37.4 Å². The summed E-state index contributed by atoms with van der Waals surface area (Å²) in [4.78, 5) is 8.72. The minimum Gasteiger partial charge on any atom is -0.406 e. The Morgan fingerprint density at radius 3 is 2.41 bits per heavy atom. The summed E-state index contributed by atoms with van der Waals surface area (Å²) in [6.45, 7) is 5.84. The molecule has 0 saturated carbocycles. The maximum Gasteiger partial charge on any atom is 0.573 e. The highest BCUT2D eigenvalue weighted by atomic mass is 32.1. The smallest absolute Gasteiger partial charge is 0.406 e. The van der Waals surface area contributed by atoms with E-state index in [-0.39, 0.29) is 5.75 Å². The van der Waals surface area contributed by atoms with Crippen LogP contribution < -0.4 is 15.5 Å². The molecule has 2 heterocycles. The van der Waals surface area contributed by atoms with Crippen molar-refractivity contribution >= 4 is 29.2 Å². The number of aryl methyl sites for hydroxylation is 3. The molecule has 0 fully saturated rings. The number of benzene rings is 2. The predicted molar refractivity (Wildman–Crippen MR) is 139 cm³/mol. The van der Waals surface area contributed by atoms with Crippen LogP contribution in [0.4, 0.5) is 18.9 Å². The Kier molecular flexibility index (Phi) is 7.48. The van der Waals surface area contributed by atoms with Crippen molar-refractivity contribution in [3.05, 3.63) is 83.4 Å². The molecule has 2 N–H and O–H groups in total. The van der Waals surface area contributed by atoms with Crippen molar-refractivity contribution in [3.63, 3.8) is 0 Å². The minimum atomic E-state index is -4.74. The van der Waals surface area contributed by atoms with Crippen molar-refractivity contribution in [1.29, 1.82) is 0 Å². The van der Waals surface area contributed by atoms with E-state index in [9.17, 15) is 13.2 Å². The summed E-state index contributed by atoms with van der Waals surface area (Å²) < 4.78 is 42.4. The molecule has 12 heteroatoms. The van der Waals surface area contributed by atoms with Gasteiger partial charge in [-0.3, -0.25) is 10.4 Å². The average Bonchev–Trinajstić information content (AvgIpc) is 3.32. The number of hydrogen-bond donors (Lipinski definition) is 2. The number of aromatic nitrogens is 4. The molecule has 0 saturated heterocycles. The number of hydrogen-bond acceptors (Lipinski definition) is 6. The molecule has 0 unspecified atom stereocenters. The molecule has 8 nitrogen and oxygen atoms in total. The van der Waals surface area contributed by atoms with Crippen molar-refractivity contribution in [2.45, 2.75) is 27.1 Å². The van der Waals surface area contributed by atoms with Gasteiger partial charge in [0.05, 0.1) is 23.3 Å². The SMILES string of the molecule is Cc1cc(C)c(NC(=S)N/N=C/c2ccc(-c3ncn(-c4ccc(OC(F)(F)F)cc4)n3)cc2)c(C)n1. The third kappa shape index (κ3) is 6.88. The topological polar surface area (TPSA) is 89.2 Å². The number of pyridine rings is 1. The maximum atomic E-state index is 12.3. The number of halogens is 3. The molecule has 4 aromatic rings. The van der Waals surface area contributed by atoms with Crippen LogP contribution in [0.5, 0.6) is 5.75 Å². The van der Waals surface area contributed by atoms with Crippen LogP contribution in [0.3, 0.4) is 0 Å². The highest BCUT2D eigenvalue weighted by Gasteiger charge is 2.31. The Morgan fingerprint density at radius 1 is 1.05 bits per heavy atom. The van der Waals surface area contributed by atoms with Gasteiger partial charge < -0.3 is 10.1 Å². The Labute approximate surface area is 216 Å². The van der Waals surface area contributed by atoms with E-state index in [1.807, 2.05) is 51.1 Å². The van der Waals surface area contributed by atoms with Crippen molar-refractivity contribution in [2.24, 2.45) is 5.10 Å². The summed E-state index contributed by atoms with van der Waals surface area (Å²) >= 11 is 5.32. The zero-order chi connectivity index (χ0) is 26.6. The Balaban J connectivity index is 1.35. The lowest BCUT2D eigenvalue weighted by atomic mass is 10.1. The predicted octanol–water partition coefficient (Wildman–Crippen LogP) is 5.47. The second kappa shape index (κ2) is 10.7. The molecule has 0 atom stereocenters. The van der Waals surface area contributed by atoms with Gasteiger partial charge in [0.2, 0.25) is 0 Å². The largest absolute Gasteiger partial charge is 0.573 e. The van der Waals surface area contributed by atoms with Gasteiger partial charge in [-0.15, -0.1) is 18.3 Å². The summed E-state index contributed by atoms with van der Waals surface area (Å²) in [6, 6.07) is 14.7. The highest BCUT2D eigenvalue weighted by Crippen LogP contribution is 2.24. The fourth-order valence-electron chi connectivity index (χ4n) is 3.56. The molecule has 2 aromatic carbocycles. The van der Waals surface area contributed by atoms with Gasteiger partial charge in [0.15, 0.2) is 10.9 Å². The van der Waals surface area contributed by atoms with Gasteiger partial charge in [0.25, 0.3) is 0 Å². The molecular weight excluding hydrogens is 503 g/mol. The van der Waals surface area contributed by atoms with Crippen molar-refractivity contribution < 1.29 is 17.9 Å². The lowest BCUT2D eigenvalue weighted by Crippen LogP contribution is -2.25. The Morgan fingerprint density at radius 2 is 1.76 bits per heavy atom. The van der Waals surface area contributed by atoms with Gasteiger partial charge in [-0.25, -0.2) is 9.67 Å². The van der Waals surface area contributed by atoms with Crippen molar-refractivity contribution in [3.8, 4) is 22.8 Å². The molecule has 0 spiro atoms. The second-order valence-electron chi connectivity index (χ2n) is 8.04. The molecule has 0 aliphatic carbocycles. The third-order valence-corrected chi connectivity index (χ3v) is 5.33. The van der Waals surface area contributed by atoms with Gasteiger partial charge in [-0.05, 0) is 74.4 Å². The third-order valence-electron chi connectivity index (χ3n) is 5.14. The van der Waals surface area contributed by atoms with Gasteiger partial charge >= 0.3 is 6.36 Å². The molecule has 0 aliphatic heterocycles. The number of anilines is 1. The standard InChI is InChI=1S/C25H22F3N7OS/c1-15-12-16(2)31-17(3)22(15)32-24(37)33-30-13-18-4-6-19(7-5-18)23-29-14-35(34-23)20-8-10-21(11-9-20)36-25(26,27)28/h4-14H,1-3H3,(H2,32,33,37)/b30-13+. The molecular formula is C25H22F3N7OS. The molecule has 4 rings (SSSR count). The van der Waals surface area contributed by atoms with Crippen LogP contribution in [0.25, 0.3) is 17.1 Å². The fraction of sp³-hybridized carbons (Fsp3) is 0.160. The number of ether oxygens (including phenoxy) is 1. The monoisotopic (exact) mass is 525 g/mol. The quantitative estimate of drug-likeness (QED) is 0.196. The summed E-state index contributed by atoms with van der Waals surface area (Å²) in [5.41, 5.74) is 8.60. The normalized spacial score (nSPS) is 11.5. The number of alkyl halides is 3. The van der Waals surface area contributed by atoms with E-state index in [0.29, 0.717) is 16.6 Å². The second-order valence-corrected chi connectivity index (χ2v) is 8.45. The zero-order valence-corrected chi connectivity index (χ0v) is 20.9. The van der Waals surface area contributed by atoms with E-state index in [1.54, 1.807) is 6.21 Å². The number of nitrogens with one attached hydrogen (secondary N) is 2. The van der Waals surface area contributed by atoms with E-state index in [0.717, 1.165) is 33.8 Å². The average molecular weight is 526 g/mol. The zero-order valence-electron chi connectivity index (χ0n) is 20.0. The number of hydrazone groups is 1. The molecule has 0 aliphatic rings. The first-order chi connectivity index (χ1) is 17.6. The summed E-state index contributed by atoms with van der Waals surface area (Å²) in [6.07, 6.45) is -1.63. The maximum absolute atomic E-state index is 12.3. The van der Waals surface area contributed by atoms with Crippen LogP contribution in [0.1, 0.15) is 22.5 Å². The van der Waals surface area contributed by atoms with E-state index in [4.69, 9.17) is 12.2 Å². The van der Waals surface area contributed by atoms with E-state index in [2.05, 4.69) is 35.6 Å². The first kappa shape index (κ1) is 25.8. The van der Waals surface area contributed by atoms with Crippen LogP contribution in [0, 0.1) is 20.8 Å². The highest BCUT2D eigenvalue weighted by molar-refractivity contribution is 7.80. The van der Waals surface area contributed by atoms with Crippen molar-refractivity contribution in [2.75, 3.05) is 5.32 Å². The van der Waals surface area contributed by atoms with Gasteiger partial charge in [-0.2, -0.15) is 5.10 Å². The van der Waals surface area contributed by atoms with Gasteiger partial charge in [0.1, 0.15) is 12.1 Å². The molecule has 0 radical (unpaired) electrons. The number of thiocarbonyl (C=S) groups is 1. The first-order valence-corrected chi connectivity index (χ1v) is 11.4. The lowest BCUT2D eigenvalue weighted by Gasteiger charge is -2.13.